The van der Waals surface area contributed by atoms with Gasteiger partial charge in [-0.2, -0.15) is 24.8 Å². The highest BCUT2D eigenvalue weighted by Crippen LogP contribution is 2.33. The maximum atomic E-state index is 6.30. The van der Waals surface area contributed by atoms with Crippen LogP contribution >= 0.6 is 12.6 Å². The van der Waals surface area contributed by atoms with Crippen LogP contribution in [0.25, 0.3) is 28.0 Å². The third-order valence-electron chi connectivity index (χ3n) is 6.14. The van der Waals surface area contributed by atoms with E-state index in [2.05, 4.69) is 33.8 Å². The average molecular weight is 435 g/mol. The third kappa shape index (κ3) is 3.74. The van der Waals surface area contributed by atoms with E-state index in [1.807, 2.05) is 25.4 Å². The number of nitrogens with two attached hydrogens (primary N) is 2. The van der Waals surface area contributed by atoms with Gasteiger partial charge in [-0.25, -0.2) is 0 Å². The van der Waals surface area contributed by atoms with Gasteiger partial charge in [0.15, 0.2) is 0 Å². The van der Waals surface area contributed by atoms with E-state index in [1.165, 1.54) is 25.7 Å². The van der Waals surface area contributed by atoms with E-state index in [4.69, 9.17) is 16.6 Å². The lowest BCUT2D eigenvalue weighted by atomic mass is 9.99. The summed E-state index contributed by atoms with van der Waals surface area (Å²) < 4.78 is 3.43. The smallest absolute Gasteiger partial charge is 0.255 e. The number of fused-ring (bicyclic) bond motifs is 1. The quantitative estimate of drug-likeness (QED) is 0.412. The Kier molecular flexibility index (Phi) is 5.05. The van der Waals surface area contributed by atoms with E-state index >= 15 is 0 Å². The van der Waals surface area contributed by atoms with Crippen molar-refractivity contribution in [3.63, 3.8) is 0 Å². The Balaban J connectivity index is 1.56. The molecule has 8 nitrogen and oxygen atoms in total. The van der Waals surface area contributed by atoms with Crippen LogP contribution in [0.15, 0.2) is 35.5 Å². The fourth-order valence-corrected chi connectivity index (χ4v) is 4.77. The van der Waals surface area contributed by atoms with Gasteiger partial charge in [0.05, 0.1) is 23.0 Å². The van der Waals surface area contributed by atoms with Crippen LogP contribution in [-0.2, 0) is 13.5 Å². The number of hydrogen-bond acceptors (Lipinski definition) is 7. The Hall–Kier alpha value is -3.07. The molecule has 31 heavy (non-hydrogen) atoms. The van der Waals surface area contributed by atoms with Gasteiger partial charge in [0.25, 0.3) is 5.95 Å². The minimum Gasteiger partial charge on any atom is -0.383 e. The molecule has 4 aromatic rings. The Morgan fingerprint density at radius 3 is 2.55 bits per heavy atom. The van der Waals surface area contributed by atoms with Crippen LogP contribution in [0, 0.1) is 5.92 Å². The second kappa shape index (κ2) is 7.88. The first-order chi connectivity index (χ1) is 15.0. The van der Waals surface area contributed by atoms with E-state index in [9.17, 15) is 0 Å². The number of rotatable bonds is 5. The molecule has 4 N–H and O–H groups in total. The van der Waals surface area contributed by atoms with Crippen molar-refractivity contribution >= 4 is 35.2 Å². The molecular weight excluding hydrogens is 408 g/mol. The molecule has 5 rings (SSSR count). The average Bonchev–Trinajstić information content (AvgIpc) is 3.46. The Bertz CT molecular complexity index is 1230. The van der Waals surface area contributed by atoms with Crippen LogP contribution in [0.3, 0.4) is 0 Å². The van der Waals surface area contributed by atoms with E-state index in [-0.39, 0.29) is 0 Å². The van der Waals surface area contributed by atoms with Gasteiger partial charge in [-0.1, -0.05) is 25.7 Å². The third-order valence-corrected chi connectivity index (χ3v) is 6.42. The molecule has 0 amide bonds. The summed E-state index contributed by atoms with van der Waals surface area (Å²) in [4.78, 5) is 9.99. The summed E-state index contributed by atoms with van der Waals surface area (Å²) >= 11 is 4.53. The number of benzene rings is 1. The zero-order valence-corrected chi connectivity index (χ0v) is 18.4. The zero-order chi connectivity index (χ0) is 21.5. The summed E-state index contributed by atoms with van der Waals surface area (Å²) in [6.07, 6.45) is 10.9. The standard InChI is InChI=1S/C22H26N8S/c1-29-12-14(11-25-29)19-20(23)26-22(27-21(19)24)30-18-9-7-15(31)10-16(18)17(28-30)8-6-13-4-2-3-5-13/h7,9-13,31H,2-6,8H2,1H3,(H4,23,24,26,27). The topological polar surface area (TPSA) is 113 Å². The lowest BCUT2D eigenvalue weighted by Crippen LogP contribution is -2.10. The highest BCUT2D eigenvalue weighted by molar-refractivity contribution is 7.80. The molecule has 3 heterocycles. The Labute approximate surface area is 186 Å². The van der Waals surface area contributed by atoms with Gasteiger partial charge in [-0.05, 0) is 37.0 Å². The highest BCUT2D eigenvalue weighted by Gasteiger charge is 2.20. The molecule has 160 valence electrons. The first kappa shape index (κ1) is 19.9. The first-order valence-electron chi connectivity index (χ1n) is 10.6. The molecule has 0 spiro atoms. The predicted molar refractivity (Wildman–Crippen MR) is 125 cm³/mol. The summed E-state index contributed by atoms with van der Waals surface area (Å²) in [5, 5.41) is 10.1. The number of anilines is 2. The molecule has 1 saturated carbocycles. The number of aromatic nitrogens is 6. The van der Waals surface area contributed by atoms with E-state index < -0.39 is 0 Å². The van der Waals surface area contributed by atoms with Gasteiger partial charge in [0.1, 0.15) is 11.6 Å². The van der Waals surface area contributed by atoms with Crippen molar-refractivity contribution in [3.05, 3.63) is 36.3 Å². The van der Waals surface area contributed by atoms with Crippen LogP contribution < -0.4 is 11.5 Å². The summed E-state index contributed by atoms with van der Waals surface area (Å²) in [7, 11) is 1.84. The molecule has 1 aliphatic rings. The molecular formula is C22H26N8S. The number of aryl methyl sites for hydroxylation is 2. The minimum absolute atomic E-state index is 0.303. The van der Waals surface area contributed by atoms with Crippen LogP contribution in [0.2, 0.25) is 0 Å². The second-order valence-corrected chi connectivity index (χ2v) is 8.84. The van der Waals surface area contributed by atoms with Crippen molar-refractivity contribution in [1.29, 1.82) is 0 Å². The molecule has 0 aliphatic heterocycles. The largest absolute Gasteiger partial charge is 0.383 e. The Morgan fingerprint density at radius 1 is 1.13 bits per heavy atom. The van der Waals surface area contributed by atoms with Crippen molar-refractivity contribution in [3.8, 4) is 17.1 Å². The minimum atomic E-state index is 0.303. The van der Waals surface area contributed by atoms with Crippen molar-refractivity contribution < 1.29 is 0 Å². The molecule has 0 saturated heterocycles. The zero-order valence-electron chi connectivity index (χ0n) is 17.5. The van der Waals surface area contributed by atoms with Gasteiger partial charge in [0.2, 0.25) is 0 Å². The summed E-state index contributed by atoms with van der Waals surface area (Å²) in [6.45, 7) is 0. The van der Waals surface area contributed by atoms with Gasteiger partial charge in [0, 0.05) is 29.1 Å². The van der Waals surface area contributed by atoms with Crippen LogP contribution in [0.5, 0.6) is 0 Å². The molecule has 1 aliphatic carbocycles. The van der Waals surface area contributed by atoms with E-state index in [1.54, 1.807) is 15.6 Å². The maximum absolute atomic E-state index is 6.30. The molecule has 1 aromatic carbocycles. The summed E-state index contributed by atoms with van der Waals surface area (Å²) in [5.74, 6) is 1.77. The second-order valence-electron chi connectivity index (χ2n) is 8.32. The molecule has 3 aromatic heterocycles. The van der Waals surface area contributed by atoms with E-state index in [0.717, 1.165) is 45.8 Å². The fraction of sp³-hybridized carbons (Fsp3) is 0.364. The lowest BCUT2D eigenvalue weighted by Gasteiger charge is -2.09. The van der Waals surface area contributed by atoms with Gasteiger partial charge in [-0.15, -0.1) is 12.6 Å². The number of hydrogen-bond donors (Lipinski definition) is 3. The normalized spacial score (nSPS) is 14.6. The summed E-state index contributed by atoms with van der Waals surface area (Å²) in [5.41, 5.74) is 15.9. The van der Waals surface area contributed by atoms with Crippen molar-refractivity contribution in [1.82, 2.24) is 29.5 Å². The van der Waals surface area contributed by atoms with Gasteiger partial charge in [-0.3, -0.25) is 4.68 Å². The number of nitrogen functional groups attached to an aromatic ring is 2. The number of thiol groups is 1. The molecule has 0 unspecified atom stereocenters. The molecule has 0 radical (unpaired) electrons. The van der Waals surface area contributed by atoms with E-state index in [0.29, 0.717) is 23.1 Å². The van der Waals surface area contributed by atoms with Gasteiger partial charge >= 0.3 is 0 Å². The number of nitrogens with zero attached hydrogens (tertiary/aromatic N) is 6. The van der Waals surface area contributed by atoms with Crippen LogP contribution in [0.4, 0.5) is 11.6 Å². The van der Waals surface area contributed by atoms with Crippen LogP contribution in [0.1, 0.15) is 37.8 Å². The molecule has 1 fully saturated rings. The highest BCUT2D eigenvalue weighted by atomic mass is 32.1. The maximum Gasteiger partial charge on any atom is 0.255 e. The monoisotopic (exact) mass is 434 g/mol. The predicted octanol–water partition coefficient (Wildman–Crippen LogP) is 3.79. The molecule has 9 heteroatoms. The SMILES string of the molecule is Cn1cc(-c2c(N)nc(-n3nc(CCC4CCCC4)c4cc(S)ccc43)nc2N)cn1. The Morgan fingerprint density at radius 2 is 1.87 bits per heavy atom. The van der Waals surface area contributed by atoms with Crippen LogP contribution in [-0.4, -0.2) is 29.5 Å². The molecule has 0 bridgehead atoms. The fourth-order valence-electron chi connectivity index (χ4n) is 4.57. The van der Waals surface area contributed by atoms with Gasteiger partial charge < -0.3 is 11.5 Å². The summed E-state index contributed by atoms with van der Waals surface area (Å²) in [6, 6.07) is 6.00. The van der Waals surface area contributed by atoms with Crippen molar-refractivity contribution in [2.45, 2.75) is 43.4 Å². The lowest BCUT2D eigenvalue weighted by molar-refractivity contribution is 0.500. The van der Waals surface area contributed by atoms with Crippen molar-refractivity contribution in [2.24, 2.45) is 13.0 Å². The molecule has 0 atom stereocenters. The first-order valence-corrected chi connectivity index (χ1v) is 11.1. The van der Waals surface area contributed by atoms with Crippen molar-refractivity contribution in [2.75, 3.05) is 11.5 Å².